The Balaban J connectivity index is 0.00000364. The maximum absolute atomic E-state index is 12.2. The molecule has 1 aliphatic carbocycles. The van der Waals surface area contributed by atoms with Gasteiger partial charge in [-0.05, 0) is 57.6 Å². The molecule has 1 aliphatic rings. The van der Waals surface area contributed by atoms with E-state index in [0.29, 0.717) is 11.4 Å². The SMILES string of the molecule is CCNC(=NCc1ccc(S(=O)(=O)NC2CC2)cc1)NCC(C)(C)SC.I. The van der Waals surface area contributed by atoms with Crippen molar-refractivity contribution in [3.05, 3.63) is 29.8 Å². The van der Waals surface area contributed by atoms with E-state index in [2.05, 4.69) is 40.5 Å². The zero-order chi connectivity index (χ0) is 19.2. The van der Waals surface area contributed by atoms with Crippen LogP contribution in [0.2, 0.25) is 0 Å². The number of benzene rings is 1. The lowest BCUT2D eigenvalue weighted by atomic mass is 10.2. The topological polar surface area (TPSA) is 82.6 Å². The van der Waals surface area contributed by atoms with Gasteiger partial charge >= 0.3 is 0 Å². The number of hydrogen-bond donors (Lipinski definition) is 3. The van der Waals surface area contributed by atoms with E-state index >= 15 is 0 Å². The van der Waals surface area contributed by atoms with Crippen molar-refractivity contribution in [1.82, 2.24) is 15.4 Å². The van der Waals surface area contributed by atoms with Crippen molar-refractivity contribution in [2.45, 2.75) is 55.8 Å². The van der Waals surface area contributed by atoms with E-state index in [0.717, 1.165) is 37.5 Å². The summed E-state index contributed by atoms with van der Waals surface area (Å²) in [6.45, 7) is 8.49. The lowest BCUT2D eigenvalue weighted by Gasteiger charge is -2.23. The van der Waals surface area contributed by atoms with Crippen LogP contribution in [0.3, 0.4) is 0 Å². The number of aliphatic imine (C=N–C) groups is 1. The molecule has 0 atom stereocenters. The van der Waals surface area contributed by atoms with Crippen molar-refractivity contribution in [1.29, 1.82) is 0 Å². The third kappa shape index (κ3) is 8.57. The van der Waals surface area contributed by atoms with Crippen LogP contribution >= 0.6 is 35.7 Å². The quantitative estimate of drug-likeness (QED) is 0.262. The minimum absolute atomic E-state index is 0. The second kappa shape index (κ2) is 10.9. The monoisotopic (exact) mass is 526 g/mol. The molecule has 27 heavy (non-hydrogen) atoms. The zero-order valence-electron chi connectivity index (χ0n) is 16.4. The largest absolute Gasteiger partial charge is 0.357 e. The Bertz CT molecular complexity index is 717. The van der Waals surface area contributed by atoms with Crippen LogP contribution in [0.1, 0.15) is 39.2 Å². The molecule has 0 aromatic heterocycles. The zero-order valence-corrected chi connectivity index (χ0v) is 20.4. The first kappa shape index (κ1) is 24.5. The number of rotatable bonds is 9. The number of nitrogens with zero attached hydrogens (tertiary/aromatic N) is 1. The highest BCUT2D eigenvalue weighted by Gasteiger charge is 2.27. The molecule has 0 saturated heterocycles. The molecule has 6 nitrogen and oxygen atoms in total. The van der Waals surface area contributed by atoms with Crippen LogP contribution in [0.5, 0.6) is 0 Å². The van der Waals surface area contributed by atoms with Gasteiger partial charge in [-0.1, -0.05) is 12.1 Å². The summed E-state index contributed by atoms with van der Waals surface area (Å²) in [7, 11) is -3.39. The van der Waals surface area contributed by atoms with Crippen LogP contribution in [0.15, 0.2) is 34.2 Å². The molecule has 1 saturated carbocycles. The molecule has 1 aromatic rings. The standard InChI is InChI=1S/C18H30N4O2S2.HI/c1-5-19-17(21-13-18(2,3)25-4)20-12-14-6-10-16(11-7-14)26(23,24)22-15-8-9-15;/h6-7,10-11,15,22H,5,8-9,12-13H2,1-4H3,(H2,19,20,21);1H. The molecule has 0 unspecified atom stereocenters. The van der Waals surface area contributed by atoms with Gasteiger partial charge in [-0.25, -0.2) is 18.1 Å². The van der Waals surface area contributed by atoms with Crippen molar-refractivity contribution >= 4 is 51.7 Å². The number of nitrogens with one attached hydrogen (secondary N) is 3. The number of thioether (sulfide) groups is 1. The summed E-state index contributed by atoms with van der Waals surface area (Å²) in [5.41, 5.74) is 0.969. The minimum Gasteiger partial charge on any atom is -0.357 e. The van der Waals surface area contributed by atoms with Gasteiger partial charge < -0.3 is 10.6 Å². The van der Waals surface area contributed by atoms with Crippen molar-refractivity contribution in [2.24, 2.45) is 4.99 Å². The highest BCUT2D eigenvalue weighted by atomic mass is 127. The van der Waals surface area contributed by atoms with Crippen molar-refractivity contribution < 1.29 is 8.42 Å². The molecule has 154 valence electrons. The molecular weight excluding hydrogens is 495 g/mol. The van der Waals surface area contributed by atoms with Crippen LogP contribution < -0.4 is 15.4 Å². The van der Waals surface area contributed by atoms with Gasteiger partial charge in [-0.15, -0.1) is 24.0 Å². The summed E-state index contributed by atoms with van der Waals surface area (Å²) in [6.07, 6.45) is 3.96. The molecule has 9 heteroatoms. The van der Waals surface area contributed by atoms with Crippen LogP contribution in [-0.4, -0.2) is 44.5 Å². The Morgan fingerprint density at radius 1 is 1.22 bits per heavy atom. The van der Waals surface area contributed by atoms with Gasteiger partial charge in [-0.3, -0.25) is 0 Å². The number of hydrogen-bond acceptors (Lipinski definition) is 4. The maximum Gasteiger partial charge on any atom is 0.240 e. The van der Waals surface area contributed by atoms with E-state index in [1.165, 1.54) is 0 Å². The van der Waals surface area contributed by atoms with Gasteiger partial charge in [0.1, 0.15) is 0 Å². The predicted octanol–water partition coefficient (Wildman–Crippen LogP) is 2.94. The average molecular weight is 527 g/mol. The Hall–Kier alpha value is -0.520. The van der Waals surface area contributed by atoms with Gasteiger partial charge in [0.2, 0.25) is 10.0 Å². The molecular formula is C18H31IN4O2S2. The van der Waals surface area contributed by atoms with Gasteiger partial charge in [0, 0.05) is 23.9 Å². The predicted molar refractivity (Wildman–Crippen MR) is 126 cm³/mol. The van der Waals surface area contributed by atoms with E-state index in [1.54, 1.807) is 23.9 Å². The van der Waals surface area contributed by atoms with E-state index in [1.807, 2.05) is 19.1 Å². The van der Waals surface area contributed by atoms with E-state index in [9.17, 15) is 8.42 Å². The molecule has 0 bridgehead atoms. The lowest BCUT2D eigenvalue weighted by Crippen LogP contribution is -2.43. The molecule has 1 fully saturated rings. The first-order chi connectivity index (χ1) is 12.3. The van der Waals surface area contributed by atoms with Crippen LogP contribution in [0, 0.1) is 0 Å². The summed E-state index contributed by atoms with van der Waals surface area (Å²) in [4.78, 5) is 4.90. The van der Waals surface area contributed by atoms with E-state index in [4.69, 9.17) is 0 Å². The van der Waals surface area contributed by atoms with E-state index < -0.39 is 10.0 Å². The Labute approximate surface area is 184 Å². The Kier molecular flexibility index (Phi) is 9.87. The number of halogens is 1. The molecule has 2 rings (SSSR count). The van der Waals surface area contributed by atoms with Crippen LogP contribution in [0.25, 0.3) is 0 Å². The molecule has 0 aliphatic heterocycles. The molecule has 3 N–H and O–H groups in total. The minimum atomic E-state index is -3.39. The second-order valence-electron chi connectivity index (χ2n) is 7.05. The third-order valence-corrected chi connectivity index (χ3v) is 6.92. The fourth-order valence-corrected chi connectivity index (χ4v) is 3.67. The fraction of sp³-hybridized carbons (Fsp3) is 0.611. The van der Waals surface area contributed by atoms with Gasteiger partial charge in [-0.2, -0.15) is 11.8 Å². The second-order valence-corrected chi connectivity index (χ2v) is 10.3. The van der Waals surface area contributed by atoms with Crippen molar-refractivity contribution in [2.75, 3.05) is 19.3 Å². The van der Waals surface area contributed by atoms with Gasteiger partial charge in [0.15, 0.2) is 5.96 Å². The summed E-state index contributed by atoms with van der Waals surface area (Å²) in [6, 6.07) is 7.05. The lowest BCUT2D eigenvalue weighted by molar-refractivity contribution is 0.581. The van der Waals surface area contributed by atoms with Crippen LogP contribution in [-0.2, 0) is 16.6 Å². The number of guanidine groups is 1. The molecule has 0 amide bonds. The molecule has 0 heterocycles. The van der Waals surface area contributed by atoms with Crippen molar-refractivity contribution in [3.8, 4) is 0 Å². The highest BCUT2D eigenvalue weighted by molar-refractivity contribution is 14.0. The first-order valence-corrected chi connectivity index (χ1v) is 11.6. The summed E-state index contributed by atoms with van der Waals surface area (Å²) < 4.78 is 27.2. The fourth-order valence-electron chi connectivity index (χ4n) is 2.14. The molecule has 1 aromatic carbocycles. The van der Waals surface area contributed by atoms with Crippen molar-refractivity contribution in [3.63, 3.8) is 0 Å². The Morgan fingerprint density at radius 2 is 1.85 bits per heavy atom. The van der Waals surface area contributed by atoms with E-state index in [-0.39, 0.29) is 34.8 Å². The maximum atomic E-state index is 12.2. The van der Waals surface area contributed by atoms with Gasteiger partial charge in [0.05, 0.1) is 11.4 Å². The Morgan fingerprint density at radius 3 is 2.37 bits per heavy atom. The van der Waals surface area contributed by atoms with Crippen LogP contribution in [0.4, 0.5) is 0 Å². The summed E-state index contributed by atoms with van der Waals surface area (Å²) in [5, 5.41) is 6.60. The average Bonchev–Trinajstić information content (AvgIpc) is 3.41. The molecule has 0 spiro atoms. The molecule has 0 radical (unpaired) electrons. The first-order valence-electron chi connectivity index (χ1n) is 8.94. The summed E-state index contributed by atoms with van der Waals surface area (Å²) >= 11 is 1.81. The normalized spacial score (nSPS) is 15.2. The smallest absolute Gasteiger partial charge is 0.240 e. The highest BCUT2D eigenvalue weighted by Crippen LogP contribution is 2.22. The van der Waals surface area contributed by atoms with Gasteiger partial charge in [0.25, 0.3) is 0 Å². The number of sulfonamides is 1. The summed E-state index contributed by atoms with van der Waals surface area (Å²) in [5.74, 6) is 0.765. The third-order valence-electron chi connectivity index (χ3n) is 4.13.